The lowest BCUT2D eigenvalue weighted by Crippen LogP contribution is -2.38. The summed E-state index contributed by atoms with van der Waals surface area (Å²) in [4.78, 5) is 16.3. The van der Waals surface area contributed by atoms with Crippen molar-refractivity contribution in [3.05, 3.63) is 35.3 Å². The number of aromatic nitrogens is 1. The standard InChI is InChI=1S/C15H19N3O2S/c1-10(8-20-3)17-15(19)18-13-6-4-5-12(7-13)14-16-11(2)9-21-14/h4-7,9-10H,8H2,1-3H3,(H2,17,18,19)/t10-/m1/s1. The van der Waals surface area contributed by atoms with E-state index in [9.17, 15) is 4.79 Å². The minimum absolute atomic E-state index is 0.0419. The predicted octanol–water partition coefficient (Wildman–Crippen LogP) is 3.27. The number of ether oxygens (including phenoxy) is 1. The van der Waals surface area contributed by atoms with Crippen LogP contribution in [-0.4, -0.2) is 30.8 Å². The zero-order chi connectivity index (χ0) is 15.2. The second kappa shape index (κ2) is 7.19. The Morgan fingerprint density at radius 2 is 2.29 bits per heavy atom. The van der Waals surface area contributed by atoms with Crippen molar-refractivity contribution in [2.75, 3.05) is 19.0 Å². The molecule has 0 aliphatic rings. The van der Waals surface area contributed by atoms with Gasteiger partial charge in [-0.1, -0.05) is 12.1 Å². The Morgan fingerprint density at radius 1 is 1.48 bits per heavy atom. The molecule has 1 aromatic carbocycles. The lowest BCUT2D eigenvalue weighted by Gasteiger charge is -2.13. The van der Waals surface area contributed by atoms with Crippen LogP contribution in [0.15, 0.2) is 29.6 Å². The van der Waals surface area contributed by atoms with E-state index in [0.29, 0.717) is 6.61 Å². The van der Waals surface area contributed by atoms with Gasteiger partial charge in [-0.2, -0.15) is 0 Å². The van der Waals surface area contributed by atoms with E-state index in [-0.39, 0.29) is 12.1 Å². The molecule has 0 fully saturated rings. The SMILES string of the molecule is COC[C@@H](C)NC(=O)Nc1cccc(-c2nc(C)cs2)c1. The van der Waals surface area contributed by atoms with Crippen LogP contribution in [0.25, 0.3) is 10.6 Å². The van der Waals surface area contributed by atoms with Gasteiger partial charge in [0.05, 0.1) is 12.6 Å². The van der Waals surface area contributed by atoms with Crippen molar-refractivity contribution >= 4 is 23.1 Å². The number of rotatable bonds is 5. The molecule has 0 radical (unpaired) electrons. The number of carbonyl (C=O) groups excluding carboxylic acids is 1. The molecule has 0 aliphatic heterocycles. The van der Waals surface area contributed by atoms with Crippen molar-refractivity contribution in [1.29, 1.82) is 0 Å². The molecule has 5 nitrogen and oxygen atoms in total. The van der Waals surface area contributed by atoms with Gasteiger partial charge in [-0.3, -0.25) is 0 Å². The summed E-state index contributed by atoms with van der Waals surface area (Å²) in [7, 11) is 1.61. The fourth-order valence-corrected chi connectivity index (χ4v) is 2.69. The largest absolute Gasteiger partial charge is 0.383 e. The quantitative estimate of drug-likeness (QED) is 0.891. The molecule has 2 rings (SSSR count). The number of hydrogen-bond donors (Lipinski definition) is 2. The van der Waals surface area contributed by atoms with Crippen LogP contribution >= 0.6 is 11.3 Å². The summed E-state index contributed by atoms with van der Waals surface area (Å²) in [5.74, 6) is 0. The molecule has 0 unspecified atom stereocenters. The van der Waals surface area contributed by atoms with Crippen molar-refractivity contribution < 1.29 is 9.53 Å². The average molecular weight is 305 g/mol. The molecule has 1 atom stereocenters. The molecular weight excluding hydrogens is 286 g/mol. The number of methoxy groups -OCH3 is 1. The lowest BCUT2D eigenvalue weighted by atomic mass is 10.2. The minimum atomic E-state index is -0.244. The first kappa shape index (κ1) is 15.5. The average Bonchev–Trinajstić information content (AvgIpc) is 2.86. The molecule has 112 valence electrons. The van der Waals surface area contributed by atoms with E-state index in [4.69, 9.17) is 4.74 Å². The van der Waals surface area contributed by atoms with Gasteiger partial charge in [-0.15, -0.1) is 11.3 Å². The van der Waals surface area contributed by atoms with Crippen molar-refractivity contribution in [1.82, 2.24) is 10.3 Å². The second-order valence-electron chi connectivity index (χ2n) is 4.83. The number of anilines is 1. The Kier molecular flexibility index (Phi) is 5.30. The maximum atomic E-state index is 11.9. The third-order valence-electron chi connectivity index (χ3n) is 2.78. The fraction of sp³-hybridized carbons (Fsp3) is 0.333. The van der Waals surface area contributed by atoms with E-state index in [1.165, 1.54) is 0 Å². The van der Waals surface area contributed by atoms with Crippen LogP contribution in [0.1, 0.15) is 12.6 Å². The third kappa shape index (κ3) is 4.54. The highest BCUT2D eigenvalue weighted by molar-refractivity contribution is 7.13. The fourth-order valence-electron chi connectivity index (χ4n) is 1.90. The molecule has 0 saturated heterocycles. The van der Waals surface area contributed by atoms with Crippen LogP contribution < -0.4 is 10.6 Å². The van der Waals surface area contributed by atoms with E-state index >= 15 is 0 Å². The number of hydrogen-bond acceptors (Lipinski definition) is 4. The number of thiazole rings is 1. The Balaban J connectivity index is 2.03. The van der Waals surface area contributed by atoms with Crippen molar-refractivity contribution in [3.63, 3.8) is 0 Å². The number of carbonyl (C=O) groups is 1. The third-order valence-corrected chi connectivity index (χ3v) is 3.79. The first-order chi connectivity index (χ1) is 10.1. The Bertz CT molecular complexity index is 612. The monoisotopic (exact) mass is 305 g/mol. The molecule has 21 heavy (non-hydrogen) atoms. The van der Waals surface area contributed by atoms with E-state index in [0.717, 1.165) is 22.0 Å². The summed E-state index contributed by atoms with van der Waals surface area (Å²) in [6.45, 7) is 4.33. The van der Waals surface area contributed by atoms with Gasteiger partial charge in [0, 0.05) is 29.4 Å². The van der Waals surface area contributed by atoms with Crippen LogP contribution in [0, 0.1) is 6.92 Å². The normalized spacial score (nSPS) is 12.0. The van der Waals surface area contributed by atoms with Crippen molar-refractivity contribution in [2.24, 2.45) is 0 Å². The number of nitrogens with zero attached hydrogens (tertiary/aromatic N) is 1. The van der Waals surface area contributed by atoms with E-state index in [2.05, 4.69) is 15.6 Å². The zero-order valence-electron chi connectivity index (χ0n) is 12.3. The molecule has 2 N–H and O–H groups in total. The number of urea groups is 1. The van der Waals surface area contributed by atoms with Gasteiger partial charge in [0.25, 0.3) is 0 Å². The Labute approximate surface area is 128 Å². The number of nitrogens with one attached hydrogen (secondary N) is 2. The van der Waals surface area contributed by atoms with Gasteiger partial charge in [-0.25, -0.2) is 9.78 Å². The summed E-state index contributed by atoms with van der Waals surface area (Å²) in [6, 6.07) is 7.37. The summed E-state index contributed by atoms with van der Waals surface area (Å²) >= 11 is 1.59. The summed E-state index contributed by atoms with van der Waals surface area (Å²) in [5.41, 5.74) is 2.73. The zero-order valence-corrected chi connectivity index (χ0v) is 13.2. The van der Waals surface area contributed by atoms with Crippen LogP contribution in [0.5, 0.6) is 0 Å². The van der Waals surface area contributed by atoms with Gasteiger partial charge >= 0.3 is 6.03 Å². The van der Waals surface area contributed by atoms with Crippen LogP contribution in [-0.2, 0) is 4.74 Å². The molecule has 0 saturated carbocycles. The summed E-state index contributed by atoms with van der Waals surface area (Å²) in [6.07, 6.45) is 0. The summed E-state index contributed by atoms with van der Waals surface area (Å²) < 4.78 is 4.98. The molecule has 1 heterocycles. The molecule has 1 aromatic heterocycles. The van der Waals surface area contributed by atoms with Gasteiger partial charge in [0.1, 0.15) is 5.01 Å². The molecule has 2 amide bonds. The maximum absolute atomic E-state index is 11.9. The Morgan fingerprint density at radius 3 is 2.95 bits per heavy atom. The van der Waals surface area contributed by atoms with Gasteiger partial charge in [0.15, 0.2) is 0 Å². The number of amides is 2. The smallest absolute Gasteiger partial charge is 0.319 e. The van der Waals surface area contributed by atoms with Crippen LogP contribution in [0.3, 0.4) is 0 Å². The van der Waals surface area contributed by atoms with E-state index < -0.39 is 0 Å². The molecular formula is C15H19N3O2S. The maximum Gasteiger partial charge on any atom is 0.319 e. The molecule has 0 aliphatic carbocycles. The number of benzene rings is 1. The minimum Gasteiger partial charge on any atom is -0.383 e. The highest BCUT2D eigenvalue weighted by atomic mass is 32.1. The Hall–Kier alpha value is -1.92. The second-order valence-corrected chi connectivity index (χ2v) is 5.69. The predicted molar refractivity (Wildman–Crippen MR) is 85.8 cm³/mol. The highest BCUT2D eigenvalue weighted by Crippen LogP contribution is 2.25. The van der Waals surface area contributed by atoms with Crippen molar-refractivity contribution in [3.8, 4) is 10.6 Å². The molecule has 0 bridgehead atoms. The first-order valence-corrected chi connectivity index (χ1v) is 7.55. The molecule has 0 spiro atoms. The van der Waals surface area contributed by atoms with E-state index in [1.807, 2.05) is 43.5 Å². The lowest BCUT2D eigenvalue weighted by molar-refractivity contribution is 0.173. The highest BCUT2D eigenvalue weighted by Gasteiger charge is 2.08. The molecule has 2 aromatic rings. The topological polar surface area (TPSA) is 63.2 Å². The van der Waals surface area contributed by atoms with E-state index in [1.54, 1.807) is 18.4 Å². The molecule has 6 heteroatoms. The van der Waals surface area contributed by atoms with Gasteiger partial charge in [-0.05, 0) is 26.0 Å². The van der Waals surface area contributed by atoms with Gasteiger partial charge in [0.2, 0.25) is 0 Å². The van der Waals surface area contributed by atoms with Gasteiger partial charge < -0.3 is 15.4 Å². The number of aryl methyl sites for hydroxylation is 1. The van der Waals surface area contributed by atoms with Crippen LogP contribution in [0.2, 0.25) is 0 Å². The first-order valence-electron chi connectivity index (χ1n) is 6.67. The van der Waals surface area contributed by atoms with Crippen molar-refractivity contribution in [2.45, 2.75) is 19.9 Å². The van der Waals surface area contributed by atoms with Crippen LogP contribution in [0.4, 0.5) is 10.5 Å². The summed E-state index contributed by atoms with van der Waals surface area (Å²) in [5, 5.41) is 8.58.